The molecule has 0 aromatic heterocycles. The Labute approximate surface area is 284 Å². The molecule has 1 unspecified atom stereocenters. The highest BCUT2D eigenvalue weighted by Crippen LogP contribution is 2.53. The van der Waals surface area contributed by atoms with E-state index in [9.17, 15) is 9.90 Å². The van der Waals surface area contributed by atoms with Crippen LogP contribution in [0.4, 0.5) is 5.69 Å². The van der Waals surface area contributed by atoms with Gasteiger partial charge in [0.15, 0.2) is 5.54 Å². The van der Waals surface area contributed by atoms with Crippen molar-refractivity contribution in [3.63, 3.8) is 0 Å². The molecule has 1 aliphatic rings. The molecule has 47 heavy (non-hydrogen) atoms. The summed E-state index contributed by atoms with van der Waals surface area (Å²) in [4.78, 5) is 31.1. The third-order valence-electron chi connectivity index (χ3n) is 9.22. The van der Waals surface area contributed by atoms with Gasteiger partial charge in [0.1, 0.15) is 0 Å². The lowest BCUT2D eigenvalue weighted by molar-refractivity contribution is -0.181. The zero-order valence-corrected chi connectivity index (χ0v) is 28.0. The maximum absolute atomic E-state index is 15.4. The number of carbonyl (C=O) groups is 2. The number of amides is 1. The lowest BCUT2D eigenvalue weighted by atomic mass is 9.72. The average Bonchev–Trinajstić information content (AvgIpc) is 3.32. The second-order valence-electron chi connectivity index (χ2n) is 11.9. The van der Waals surface area contributed by atoms with E-state index in [0.717, 1.165) is 32.3 Å². The number of hydrogen-bond donors (Lipinski definition) is 2. The van der Waals surface area contributed by atoms with Gasteiger partial charge in [-0.1, -0.05) is 144 Å². The number of carboxylic acid groups (broad SMARTS) is 1. The molecular formula is C40H37BrN2O4. The number of nitrogens with zero attached hydrogens (tertiary/aromatic N) is 1. The highest BCUT2D eigenvalue weighted by atomic mass is 79.9. The molecule has 0 bridgehead atoms. The quantitative estimate of drug-likeness (QED) is 0.138. The van der Waals surface area contributed by atoms with Crippen LogP contribution in [0.15, 0.2) is 138 Å². The molecule has 2 N–H and O–H groups in total. The van der Waals surface area contributed by atoms with Crippen molar-refractivity contribution in [3.8, 4) is 0 Å². The number of aryl methyl sites for hydroxylation is 1. The lowest BCUT2D eigenvalue weighted by Crippen LogP contribution is -2.70. The molecular weight excluding hydrogens is 652 g/mol. The number of benzene rings is 5. The first-order valence-corrected chi connectivity index (χ1v) is 16.6. The van der Waals surface area contributed by atoms with Crippen molar-refractivity contribution in [2.45, 2.75) is 50.6 Å². The minimum atomic E-state index is -1.94. The number of carboxylic acids is 1. The van der Waals surface area contributed by atoms with Crippen molar-refractivity contribution in [1.29, 1.82) is 0 Å². The molecule has 0 saturated carbocycles. The van der Waals surface area contributed by atoms with E-state index in [2.05, 4.69) is 21.2 Å². The molecule has 7 heteroatoms. The third-order valence-corrected chi connectivity index (χ3v) is 9.71. The van der Waals surface area contributed by atoms with E-state index in [-0.39, 0.29) is 19.6 Å². The number of nitrogens with one attached hydrogen (secondary N) is 1. The van der Waals surface area contributed by atoms with Crippen molar-refractivity contribution in [2.24, 2.45) is 0 Å². The molecule has 238 valence electrons. The van der Waals surface area contributed by atoms with Gasteiger partial charge in [0.05, 0.1) is 24.9 Å². The standard InChI is InChI=1S/C40H37BrN2O4/c1-3-39(38(45)46,42-36(30-18-9-5-10-19-30)31-20-11-6-12-21-31)40(47-27-32-22-14-13-15-28(32)2)34-24-23-33(41)25-35(34)43(37(40)44)26-29-16-7-4-8-17-29/h4-25,36,42H,3,26-27H2,1-2H3,(H,45,46)/t39-,40?/m0/s1. The number of aliphatic carboxylic acids is 1. The van der Waals surface area contributed by atoms with Crippen LogP contribution in [0.1, 0.15) is 52.8 Å². The van der Waals surface area contributed by atoms with E-state index < -0.39 is 29.1 Å². The first-order valence-electron chi connectivity index (χ1n) is 15.8. The summed E-state index contributed by atoms with van der Waals surface area (Å²) in [6, 6.07) is 42.0. The maximum Gasteiger partial charge on any atom is 0.327 e. The van der Waals surface area contributed by atoms with E-state index >= 15 is 4.79 Å². The van der Waals surface area contributed by atoms with E-state index in [0.29, 0.717) is 11.3 Å². The Balaban J connectivity index is 1.59. The summed E-state index contributed by atoms with van der Waals surface area (Å²) >= 11 is 3.61. The second kappa shape index (κ2) is 13.7. The van der Waals surface area contributed by atoms with Crippen molar-refractivity contribution in [3.05, 3.63) is 171 Å². The fraction of sp³-hybridized carbons (Fsp3) is 0.200. The minimum absolute atomic E-state index is 0.0329. The fourth-order valence-corrected chi connectivity index (χ4v) is 7.06. The van der Waals surface area contributed by atoms with Gasteiger partial charge in [-0.25, -0.2) is 0 Å². The summed E-state index contributed by atoms with van der Waals surface area (Å²) in [5.74, 6) is -1.61. The topological polar surface area (TPSA) is 78.9 Å². The molecule has 5 aromatic carbocycles. The highest BCUT2D eigenvalue weighted by molar-refractivity contribution is 9.10. The molecule has 1 heterocycles. The van der Waals surface area contributed by atoms with Crippen molar-refractivity contribution in [1.82, 2.24) is 5.32 Å². The van der Waals surface area contributed by atoms with Crippen LogP contribution in [0.25, 0.3) is 0 Å². The second-order valence-corrected chi connectivity index (χ2v) is 12.8. The molecule has 1 amide bonds. The first-order chi connectivity index (χ1) is 22.8. The first kappa shape index (κ1) is 32.4. The van der Waals surface area contributed by atoms with Gasteiger partial charge in [-0.15, -0.1) is 0 Å². The van der Waals surface area contributed by atoms with Crippen LogP contribution in [-0.2, 0) is 33.1 Å². The van der Waals surface area contributed by atoms with Gasteiger partial charge in [0.25, 0.3) is 5.91 Å². The molecule has 5 aromatic rings. The number of hydrogen-bond acceptors (Lipinski definition) is 4. The van der Waals surface area contributed by atoms with Gasteiger partial charge in [0.2, 0.25) is 5.60 Å². The van der Waals surface area contributed by atoms with Crippen molar-refractivity contribution in [2.75, 3.05) is 4.90 Å². The Morgan fingerprint density at radius 2 is 1.45 bits per heavy atom. The predicted molar refractivity (Wildman–Crippen MR) is 188 cm³/mol. The number of halogens is 1. The van der Waals surface area contributed by atoms with E-state index in [4.69, 9.17) is 4.74 Å². The summed E-state index contributed by atoms with van der Waals surface area (Å²) in [7, 11) is 0. The summed E-state index contributed by atoms with van der Waals surface area (Å²) in [5, 5.41) is 15.1. The number of carbonyl (C=O) groups excluding carboxylic acids is 1. The van der Waals surface area contributed by atoms with Crippen LogP contribution in [0.3, 0.4) is 0 Å². The number of fused-ring (bicyclic) bond motifs is 1. The number of anilines is 1. The summed E-state index contributed by atoms with van der Waals surface area (Å²) in [6.07, 6.45) is 0.0483. The van der Waals surface area contributed by atoms with Crippen LogP contribution < -0.4 is 10.2 Å². The molecule has 0 spiro atoms. The van der Waals surface area contributed by atoms with Gasteiger partial charge in [0, 0.05) is 10.0 Å². The highest BCUT2D eigenvalue weighted by Gasteiger charge is 2.68. The smallest absolute Gasteiger partial charge is 0.327 e. The van der Waals surface area contributed by atoms with Crippen LogP contribution in [0, 0.1) is 6.92 Å². The molecule has 0 fully saturated rings. The average molecular weight is 690 g/mol. The van der Waals surface area contributed by atoms with Crippen molar-refractivity contribution < 1.29 is 19.4 Å². The molecule has 0 radical (unpaired) electrons. The molecule has 6 rings (SSSR count). The normalized spacial score (nSPS) is 17.0. The predicted octanol–water partition coefficient (Wildman–Crippen LogP) is 8.33. The third kappa shape index (κ3) is 5.91. The Hall–Kier alpha value is -4.56. The maximum atomic E-state index is 15.4. The van der Waals surface area contributed by atoms with Gasteiger partial charge in [-0.05, 0) is 53.3 Å². The zero-order valence-electron chi connectivity index (χ0n) is 26.4. The fourth-order valence-electron chi connectivity index (χ4n) is 6.71. The summed E-state index contributed by atoms with van der Waals surface area (Å²) in [5.41, 5.74) is 1.78. The Kier molecular flexibility index (Phi) is 9.41. The number of rotatable bonds is 12. The Bertz CT molecular complexity index is 1830. The molecule has 6 nitrogen and oxygen atoms in total. The van der Waals surface area contributed by atoms with Gasteiger partial charge < -0.3 is 14.7 Å². The van der Waals surface area contributed by atoms with Crippen LogP contribution in [-0.4, -0.2) is 22.5 Å². The van der Waals surface area contributed by atoms with Gasteiger partial charge in [-0.2, -0.15) is 0 Å². The summed E-state index contributed by atoms with van der Waals surface area (Å²) in [6.45, 7) is 4.07. The van der Waals surface area contributed by atoms with E-state index in [1.54, 1.807) is 11.8 Å². The molecule has 1 aliphatic heterocycles. The van der Waals surface area contributed by atoms with Crippen molar-refractivity contribution >= 4 is 33.5 Å². The molecule has 0 aliphatic carbocycles. The Morgan fingerprint density at radius 3 is 2.02 bits per heavy atom. The van der Waals surface area contributed by atoms with Crippen LogP contribution >= 0.6 is 15.9 Å². The molecule has 0 saturated heterocycles. The lowest BCUT2D eigenvalue weighted by Gasteiger charge is -2.46. The van der Waals surface area contributed by atoms with Gasteiger partial charge >= 0.3 is 5.97 Å². The summed E-state index contributed by atoms with van der Waals surface area (Å²) < 4.78 is 7.72. The van der Waals surface area contributed by atoms with E-state index in [1.165, 1.54) is 0 Å². The zero-order chi connectivity index (χ0) is 33.0. The van der Waals surface area contributed by atoms with Gasteiger partial charge in [-0.3, -0.25) is 14.9 Å². The van der Waals surface area contributed by atoms with Crippen LogP contribution in [0.2, 0.25) is 0 Å². The largest absolute Gasteiger partial charge is 0.480 e. The molecule has 2 atom stereocenters. The van der Waals surface area contributed by atoms with Crippen LogP contribution in [0.5, 0.6) is 0 Å². The SMILES string of the molecule is CC[C@](NC(c1ccccc1)c1ccccc1)(C(=O)O)C1(OCc2ccccc2C)C(=O)N(Cc2ccccc2)c2cc(Br)ccc21. The Morgan fingerprint density at radius 1 is 0.872 bits per heavy atom. The number of ether oxygens (including phenoxy) is 1. The van der Waals surface area contributed by atoms with E-state index in [1.807, 2.05) is 140 Å². The monoisotopic (exact) mass is 688 g/mol. The minimum Gasteiger partial charge on any atom is -0.480 e.